The van der Waals surface area contributed by atoms with Crippen LogP contribution in [0.15, 0.2) is 0 Å². The van der Waals surface area contributed by atoms with Crippen LogP contribution in [0.1, 0.15) is 52.9 Å². The molecule has 1 aliphatic carbocycles. The molecule has 4 heteroatoms. The number of hydrogen-bond donors (Lipinski definition) is 1. The summed E-state index contributed by atoms with van der Waals surface area (Å²) in [5, 5.41) is 3.50. The number of nitrogens with one attached hydrogen (secondary N) is 1. The molecule has 19 heavy (non-hydrogen) atoms. The standard InChI is InChI=1S/C15H30N2O2/c1-6-16-12-7-9-13(10-8-12)17(4)14(18)11-15(2,3)19-5/h12-13,16H,6-11H2,1-5H3. The number of carbonyl (C=O) groups excluding carboxylic acids is 1. The molecule has 0 aromatic carbocycles. The maximum Gasteiger partial charge on any atom is 0.225 e. The summed E-state index contributed by atoms with van der Waals surface area (Å²) >= 11 is 0. The van der Waals surface area contributed by atoms with Gasteiger partial charge >= 0.3 is 0 Å². The Balaban J connectivity index is 2.42. The van der Waals surface area contributed by atoms with Gasteiger partial charge in [0.05, 0.1) is 12.0 Å². The van der Waals surface area contributed by atoms with Gasteiger partial charge in [0.15, 0.2) is 0 Å². The third-order valence-electron chi connectivity index (χ3n) is 4.26. The molecule has 0 atom stereocenters. The molecule has 0 aromatic heterocycles. The smallest absolute Gasteiger partial charge is 0.225 e. The highest BCUT2D eigenvalue weighted by molar-refractivity contribution is 5.77. The van der Waals surface area contributed by atoms with E-state index in [-0.39, 0.29) is 11.5 Å². The zero-order valence-electron chi connectivity index (χ0n) is 13.2. The Morgan fingerprint density at radius 3 is 2.37 bits per heavy atom. The van der Waals surface area contributed by atoms with E-state index in [4.69, 9.17) is 4.74 Å². The molecule has 0 heterocycles. The van der Waals surface area contributed by atoms with E-state index in [1.807, 2.05) is 25.8 Å². The van der Waals surface area contributed by atoms with Crippen LogP contribution >= 0.6 is 0 Å². The van der Waals surface area contributed by atoms with Crippen LogP contribution in [0.3, 0.4) is 0 Å². The fourth-order valence-electron chi connectivity index (χ4n) is 2.72. The fourth-order valence-corrected chi connectivity index (χ4v) is 2.72. The van der Waals surface area contributed by atoms with Crippen LogP contribution < -0.4 is 5.32 Å². The van der Waals surface area contributed by atoms with Crippen molar-refractivity contribution in [3.05, 3.63) is 0 Å². The number of carbonyl (C=O) groups is 1. The van der Waals surface area contributed by atoms with Crippen molar-refractivity contribution in [1.29, 1.82) is 0 Å². The monoisotopic (exact) mass is 270 g/mol. The molecule has 0 radical (unpaired) electrons. The third-order valence-corrected chi connectivity index (χ3v) is 4.26. The number of nitrogens with zero attached hydrogens (tertiary/aromatic N) is 1. The summed E-state index contributed by atoms with van der Waals surface area (Å²) in [5.74, 6) is 0.193. The van der Waals surface area contributed by atoms with Crippen LogP contribution in [0.25, 0.3) is 0 Å². The summed E-state index contributed by atoms with van der Waals surface area (Å²) < 4.78 is 5.34. The highest BCUT2D eigenvalue weighted by Gasteiger charge is 2.29. The van der Waals surface area contributed by atoms with Crippen LogP contribution in [0.2, 0.25) is 0 Å². The van der Waals surface area contributed by atoms with Gasteiger partial charge in [-0.3, -0.25) is 4.79 Å². The van der Waals surface area contributed by atoms with Gasteiger partial charge < -0.3 is 15.0 Å². The molecule has 0 aromatic rings. The number of rotatable bonds is 6. The molecule has 1 aliphatic rings. The molecule has 1 rings (SSSR count). The third kappa shape index (κ3) is 5.11. The van der Waals surface area contributed by atoms with Crippen molar-refractivity contribution in [3.63, 3.8) is 0 Å². The number of amides is 1. The van der Waals surface area contributed by atoms with Gasteiger partial charge in [-0.25, -0.2) is 0 Å². The molecule has 1 fully saturated rings. The molecular weight excluding hydrogens is 240 g/mol. The molecule has 0 unspecified atom stereocenters. The first-order valence-electron chi connectivity index (χ1n) is 7.43. The highest BCUT2D eigenvalue weighted by Crippen LogP contribution is 2.24. The van der Waals surface area contributed by atoms with Crippen molar-refractivity contribution in [1.82, 2.24) is 10.2 Å². The van der Waals surface area contributed by atoms with Crippen LogP contribution in [0.5, 0.6) is 0 Å². The molecule has 0 saturated heterocycles. The minimum Gasteiger partial charge on any atom is -0.378 e. The van der Waals surface area contributed by atoms with E-state index in [9.17, 15) is 4.79 Å². The lowest BCUT2D eigenvalue weighted by Gasteiger charge is -2.36. The lowest BCUT2D eigenvalue weighted by molar-refractivity contribution is -0.137. The van der Waals surface area contributed by atoms with E-state index >= 15 is 0 Å². The zero-order valence-corrected chi connectivity index (χ0v) is 13.2. The first kappa shape index (κ1) is 16.4. The summed E-state index contributed by atoms with van der Waals surface area (Å²) in [6.45, 7) is 7.10. The average Bonchev–Trinajstić information content (AvgIpc) is 2.38. The van der Waals surface area contributed by atoms with Crippen molar-refractivity contribution < 1.29 is 9.53 Å². The van der Waals surface area contributed by atoms with Crippen LogP contribution in [0, 0.1) is 0 Å². The van der Waals surface area contributed by atoms with Crippen molar-refractivity contribution >= 4 is 5.91 Å². The van der Waals surface area contributed by atoms with E-state index in [0.29, 0.717) is 18.5 Å². The lowest BCUT2D eigenvalue weighted by atomic mass is 9.90. The molecule has 1 saturated carbocycles. The minimum absolute atomic E-state index is 0.193. The first-order valence-corrected chi connectivity index (χ1v) is 7.43. The second kappa shape index (κ2) is 7.25. The summed E-state index contributed by atoms with van der Waals surface area (Å²) in [5.41, 5.74) is -0.369. The fraction of sp³-hybridized carbons (Fsp3) is 0.933. The van der Waals surface area contributed by atoms with Crippen molar-refractivity contribution in [2.45, 2.75) is 70.6 Å². The van der Waals surface area contributed by atoms with E-state index in [1.54, 1.807) is 7.11 Å². The Hall–Kier alpha value is -0.610. The Labute approximate surface area is 117 Å². The van der Waals surface area contributed by atoms with Crippen molar-refractivity contribution in [2.24, 2.45) is 0 Å². The molecule has 4 nitrogen and oxygen atoms in total. The van der Waals surface area contributed by atoms with E-state index < -0.39 is 0 Å². The maximum atomic E-state index is 12.3. The van der Waals surface area contributed by atoms with E-state index in [1.165, 1.54) is 12.8 Å². The van der Waals surface area contributed by atoms with E-state index in [2.05, 4.69) is 12.2 Å². The Morgan fingerprint density at radius 1 is 1.32 bits per heavy atom. The summed E-state index contributed by atoms with van der Waals surface area (Å²) in [7, 11) is 3.60. The predicted molar refractivity (Wildman–Crippen MR) is 78.2 cm³/mol. The van der Waals surface area contributed by atoms with Gasteiger partial charge in [-0.05, 0) is 46.1 Å². The zero-order chi connectivity index (χ0) is 14.5. The predicted octanol–water partition coefficient (Wildman–Crippen LogP) is 2.18. The molecular formula is C15H30N2O2. The van der Waals surface area contributed by atoms with Crippen molar-refractivity contribution in [2.75, 3.05) is 20.7 Å². The molecule has 0 spiro atoms. The van der Waals surface area contributed by atoms with Crippen LogP contribution in [-0.2, 0) is 9.53 Å². The van der Waals surface area contributed by atoms with Gasteiger partial charge in [0.2, 0.25) is 5.91 Å². The van der Waals surface area contributed by atoms with Gasteiger partial charge in [0.25, 0.3) is 0 Å². The Kier molecular flexibility index (Phi) is 6.27. The van der Waals surface area contributed by atoms with Gasteiger partial charge in [-0.15, -0.1) is 0 Å². The Morgan fingerprint density at radius 2 is 1.89 bits per heavy atom. The molecule has 1 N–H and O–H groups in total. The second-order valence-electron chi connectivity index (χ2n) is 6.21. The van der Waals surface area contributed by atoms with Gasteiger partial charge in [0.1, 0.15) is 0 Å². The van der Waals surface area contributed by atoms with Crippen molar-refractivity contribution in [3.8, 4) is 0 Å². The van der Waals surface area contributed by atoms with Crippen LogP contribution in [-0.4, -0.2) is 49.2 Å². The lowest BCUT2D eigenvalue weighted by Crippen LogP contribution is -2.45. The topological polar surface area (TPSA) is 41.6 Å². The maximum absolute atomic E-state index is 12.3. The first-order chi connectivity index (χ1) is 8.89. The van der Waals surface area contributed by atoms with Gasteiger partial charge in [-0.2, -0.15) is 0 Å². The van der Waals surface area contributed by atoms with Gasteiger partial charge in [0, 0.05) is 26.2 Å². The SMILES string of the molecule is CCNC1CCC(N(C)C(=O)CC(C)(C)OC)CC1. The normalized spacial score (nSPS) is 24.3. The quantitative estimate of drug-likeness (QED) is 0.804. The summed E-state index contributed by atoms with van der Waals surface area (Å²) in [4.78, 5) is 14.2. The summed E-state index contributed by atoms with van der Waals surface area (Å²) in [6.07, 6.45) is 5.00. The summed E-state index contributed by atoms with van der Waals surface area (Å²) in [6, 6.07) is 1.04. The minimum atomic E-state index is -0.369. The largest absolute Gasteiger partial charge is 0.378 e. The van der Waals surface area contributed by atoms with Gasteiger partial charge in [-0.1, -0.05) is 6.92 Å². The second-order valence-corrected chi connectivity index (χ2v) is 6.21. The molecule has 112 valence electrons. The van der Waals surface area contributed by atoms with Crippen LogP contribution in [0.4, 0.5) is 0 Å². The van der Waals surface area contributed by atoms with E-state index in [0.717, 1.165) is 19.4 Å². The number of methoxy groups -OCH3 is 1. The highest BCUT2D eigenvalue weighted by atomic mass is 16.5. The number of ether oxygens (including phenoxy) is 1. The Bertz CT molecular complexity index is 284. The number of hydrogen-bond acceptors (Lipinski definition) is 3. The molecule has 1 amide bonds. The average molecular weight is 270 g/mol. The molecule has 0 bridgehead atoms. The molecule has 0 aliphatic heterocycles.